The largest absolute Gasteiger partial charge is 0.351 e. The van der Waals surface area contributed by atoms with Crippen LogP contribution < -0.4 is 4.90 Å². The minimum Gasteiger partial charge on any atom is -0.351 e. The lowest BCUT2D eigenvalue weighted by molar-refractivity contribution is 0.0705. The Balaban J connectivity index is 1.38. The fourth-order valence-electron chi connectivity index (χ4n) is 3.01. The molecular formula is C20H19N5O. The second-order valence-electron chi connectivity index (χ2n) is 6.35. The summed E-state index contributed by atoms with van der Waals surface area (Å²) in [6, 6.07) is 17.6. The van der Waals surface area contributed by atoms with E-state index in [-0.39, 0.29) is 11.9 Å². The highest BCUT2D eigenvalue weighted by Gasteiger charge is 2.33. The Morgan fingerprint density at radius 1 is 1.00 bits per heavy atom. The van der Waals surface area contributed by atoms with Crippen molar-refractivity contribution in [1.29, 1.82) is 0 Å². The van der Waals surface area contributed by atoms with E-state index in [4.69, 9.17) is 0 Å². The van der Waals surface area contributed by atoms with Gasteiger partial charge in [0.1, 0.15) is 0 Å². The Kier molecular flexibility index (Phi) is 4.31. The van der Waals surface area contributed by atoms with Crippen LogP contribution in [0.3, 0.4) is 0 Å². The van der Waals surface area contributed by atoms with Gasteiger partial charge in [-0.25, -0.2) is 0 Å². The van der Waals surface area contributed by atoms with Gasteiger partial charge in [-0.3, -0.25) is 9.78 Å². The molecule has 3 aromatic rings. The van der Waals surface area contributed by atoms with E-state index >= 15 is 0 Å². The second-order valence-corrected chi connectivity index (χ2v) is 6.35. The van der Waals surface area contributed by atoms with Crippen molar-refractivity contribution < 1.29 is 4.79 Å². The van der Waals surface area contributed by atoms with E-state index in [0.717, 1.165) is 30.2 Å². The van der Waals surface area contributed by atoms with Crippen LogP contribution in [0, 0.1) is 0 Å². The average Bonchev–Trinajstić information content (AvgIpc) is 2.68. The van der Waals surface area contributed by atoms with Gasteiger partial charge in [0.2, 0.25) is 0 Å². The topological polar surface area (TPSA) is 62.2 Å². The van der Waals surface area contributed by atoms with Crippen LogP contribution in [-0.2, 0) is 0 Å². The fraction of sp³-hybridized carbons (Fsp3) is 0.200. The molecule has 0 saturated carbocycles. The lowest BCUT2D eigenvalue weighted by Gasteiger charge is -2.44. The number of amides is 1. The zero-order valence-electron chi connectivity index (χ0n) is 14.5. The number of carbonyl (C=O) groups is 1. The first kappa shape index (κ1) is 16.2. The van der Waals surface area contributed by atoms with Crippen LogP contribution in [-0.4, -0.2) is 52.2 Å². The summed E-state index contributed by atoms with van der Waals surface area (Å²) in [5.41, 5.74) is 2.57. The molecule has 4 rings (SSSR count). The molecule has 6 nitrogen and oxygen atoms in total. The molecule has 1 amide bonds. The first-order valence-corrected chi connectivity index (χ1v) is 8.53. The van der Waals surface area contributed by atoms with Crippen molar-refractivity contribution >= 4 is 11.7 Å². The second kappa shape index (κ2) is 6.92. The van der Waals surface area contributed by atoms with Crippen LogP contribution in [0.15, 0.2) is 67.0 Å². The predicted molar refractivity (Wildman–Crippen MR) is 99.8 cm³/mol. The van der Waals surface area contributed by atoms with E-state index < -0.39 is 0 Å². The average molecular weight is 345 g/mol. The Labute approximate surface area is 152 Å². The number of nitrogens with zero attached hydrogens (tertiary/aromatic N) is 5. The molecule has 130 valence electrons. The normalized spacial score (nSPS) is 14.0. The number of anilines is 1. The van der Waals surface area contributed by atoms with Crippen LogP contribution in [0.25, 0.3) is 11.3 Å². The van der Waals surface area contributed by atoms with Crippen molar-refractivity contribution in [2.75, 3.05) is 25.0 Å². The van der Waals surface area contributed by atoms with Gasteiger partial charge in [0, 0.05) is 43.7 Å². The quantitative estimate of drug-likeness (QED) is 0.727. The van der Waals surface area contributed by atoms with Gasteiger partial charge in [-0.15, -0.1) is 10.2 Å². The van der Waals surface area contributed by atoms with Crippen molar-refractivity contribution in [2.24, 2.45) is 0 Å². The fourth-order valence-corrected chi connectivity index (χ4v) is 3.01. The molecule has 0 bridgehead atoms. The molecule has 2 aromatic heterocycles. The monoisotopic (exact) mass is 345 g/mol. The van der Waals surface area contributed by atoms with Crippen LogP contribution >= 0.6 is 0 Å². The molecule has 0 unspecified atom stereocenters. The number of hydrogen-bond acceptors (Lipinski definition) is 5. The van der Waals surface area contributed by atoms with Gasteiger partial charge >= 0.3 is 0 Å². The van der Waals surface area contributed by atoms with Crippen LogP contribution in [0.4, 0.5) is 5.82 Å². The molecule has 0 radical (unpaired) electrons. The lowest BCUT2D eigenvalue weighted by atomic mass is 10.1. The number of carbonyl (C=O) groups excluding carboxylic acids is 1. The highest BCUT2D eigenvalue weighted by molar-refractivity contribution is 5.94. The SMILES string of the molecule is CN(C(=O)c1ccncc1)C1CN(c2ccc(-c3ccccc3)nn2)C1. The summed E-state index contributed by atoms with van der Waals surface area (Å²) in [4.78, 5) is 20.3. The maximum atomic E-state index is 12.5. The number of aromatic nitrogens is 3. The molecule has 0 spiro atoms. The molecule has 1 aromatic carbocycles. The van der Waals surface area contributed by atoms with Crippen molar-refractivity contribution in [3.63, 3.8) is 0 Å². The zero-order chi connectivity index (χ0) is 17.9. The molecule has 1 aliphatic rings. The Morgan fingerprint density at radius 2 is 1.73 bits per heavy atom. The number of likely N-dealkylation sites (N-methyl/N-ethyl adjacent to an activating group) is 1. The Bertz CT molecular complexity index is 877. The van der Waals surface area contributed by atoms with Crippen LogP contribution in [0.5, 0.6) is 0 Å². The van der Waals surface area contributed by atoms with Gasteiger partial charge in [-0.1, -0.05) is 30.3 Å². The van der Waals surface area contributed by atoms with Gasteiger partial charge in [0.25, 0.3) is 5.91 Å². The molecule has 0 atom stereocenters. The molecule has 0 N–H and O–H groups in total. The lowest BCUT2D eigenvalue weighted by Crippen LogP contribution is -2.60. The van der Waals surface area contributed by atoms with Crippen molar-refractivity contribution in [1.82, 2.24) is 20.1 Å². The Hall–Kier alpha value is -3.28. The van der Waals surface area contributed by atoms with E-state index in [2.05, 4.69) is 20.1 Å². The number of benzene rings is 1. The summed E-state index contributed by atoms with van der Waals surface area (Å²) in [5.74, 6) is 0.855. The third-order valence-corrected chi connectivity index (χ3v) is 4.70. The molecule has 1 aliphatic heterocycles. The van der Waals surface area contributed by atoms with Gasteiger partial charge in [0.05, 0.1) is 11.7 Å². The molecule has 6 heteroatoms. The molecule has 1 fully saturated rings. The van der Waals surface area contributed by atoms with E-state index in [1.807, 2.05) is 49.5 Å². The summed E-state index contributed by atoms with van der Waals surface area (Å²) < 4.78 is 0. The number of rotatable bonds is 4. The minimum absolute atomic E-state index is 0.0163. The standard InChI is InChI=1S/C20H19N5O/c1-24(20(26)16-9-11-21-12-10-16)17-13-25(14-17)19-8-7-18(22-23-19)15-5-3-2-4-6-15/h2-12,17H,13-14H2,1H3. The first-order valence-electron chi connectivity index (χ1n) is 8.53. The van der Waals surface area contributed by atoms with Gasteiger partial charge in [-0.05, 0) is 24.3 Å². The van der Waals surface area contributed by atoms with Crippen LogP contribution in [0.2, 0.25) is 0 Å². The summed E-state index contributed by atoms with van der Waals surface area (Å²) in [7, 11) is 1.84. The van der Waals surface area contributed by atoms with Crippen molar-refractivity contribution in [2.45, 2.75) is 6.04 Å². The number of hydrogen-bond donors (Lipinski definition) is 0. The highest BCUT2D eigenvalue weighted by atomic mass is 16.2. The molecular weight excluding hydrogens is 326 g/mol. The van der Waals surface area contributed by atoms with Crippen molar-refractivity contribution in [3.8, 4) is 11.3 Å². The van der Waals surface area contributed by atoms with E-state index in [0.29, 0.717) is 5.56 Å². The zero-order valence-corrected chi connectivity index (χ0v) is 14.5. The van der Waals surface area contributed by atoms with Crippen molar-refractivity contribution in [3.05, 3.63) is 72.6 Å². The van der Waals surface area contributed by atoms with E-state index in [1.165, 1.54) is 0 Å². The summed E-state index contributed by atoms with van der Waals surface area (Å²) >= 11 is 0. The molecule has 1 saturated heterocycles. The minimum atomic E-state index is 0.0163. The summed E-state index contributed by atoms with van der Waals surface area (Å²) in [5, 5.41) is 8.66. The Morgan fingerprint density at radius 3 is 2.38 bits per heavy atom. The highest BCUT2D eigenvalue weighted by Crippen LogP contribution is 2.23. The first-order chi connectivity index (χ1) is 12.7. The van der Waals surface area contributed by atoms with Gasteiger partial charge in [0.15, 0.2) is 5.82 Å². The molecule has 26 heavy (non-hydrogen) atoms. The van der Waals surface area contributed by atoms with Gasteiger partial charge in [-0.2, -0.15) is 0 Å². The maximum absolute atomic E-state index is 12.5. The summed E-state index contributed by atoms with van der Waals surface area (Å²) in [6.07, 6.45) is 3.27. The molecule has 0 aliphatic carbocycles. The van der Waals surface area contributed by atoms with Gasteiger partial charge < -0.3 is 9.80 Å². The smallest absolute Gasteiger partial charge is 0.254 e. The maximum Gasteiger partial charge on any atom is 0.254 e. The predicted octanol–water partition coefficient (Wildman–Crippen LogP) is 2.50. The third-order valence-electron chi connectivity index (χ3n) is 4.70. The van der Waals surface area contributed by atoms with E-state index in [1.54, 1.807) is 29.4 Å². The molecule has 3 heterocycles. The third kappa shape index (κ3) is 3.13. The van der Waals surface area contributed by atoms with E-state index in [9.17, 15) is 4.79 Å². The van der Waals surface area contributed by atoms with Crippen LogP contribution in [0.1, 0.15) is 10.4 Å². The number of pyridine rings is 1. The summed E-state index contributed by atoms with van der Waals surface area (Å²) in [6.45, 7) is 1.51.